The summed E-state index contributed by atoms with van der Waals surface area (Å²) in [6, 6.07) is -0.196. The van der Waals surface area contributed by atoms with E-state index in [9.17, 15) is 18.0 Å². The van der Waals surface area contributed by atoms with Crippen molar-refractivity contribution in [3.63, 3.8) is 0 Å². The molecule has 1 aromatic heterocycles. The number of likely N-dealkylation sites (tertiary alicyclic amines) is 1. The van der Waals surface area contributed by atoms with Crippen LogP contribution in [-0.4, -0.2) is 40.8 Å². The number of hydrogen-bond donors (Lipinski definition) is 2. The van der Waals surface area contributed by atoms with Gasteiger partial charge in [-0.2, -0.15) is 18.3 Å². The second kappa shape index (κ2) is 5.82. The molecule has 1 aliphatic rings. The second-order valence-electron chi connectivity index (χ2n) is 5.04. The number of hydrogen-bond acceptors (Lipinski definition) is 4. The molecule has 0 aromatic carbocycles. The van der Waals surface area contributed by atoms with Crippen molar-refractivity contribution < 1.29 is 13.2 Å². The molecule has 1 unspecified atom stereocenters. The predicted molar refractivity (Wildman–Crippen MR) is 68.6 cm³/mol. The van der Waals surface area contributed by atoms with Crippen LogP contribution in [0.5, 0.6) is 0 Å². The Bertz CT molecular complexity index is 508. The lowest BCUT2D eigenvalue weighted by molar-refractivity contribution is -0.138. The standard InChI is InChI=1S/C12H17F3N4O/c1-8(7-19-4-2-3-5-19)17-9-6-16-18-11(20)10(9)12(13,14)15/h6,8H,2-5,7H2,1H3,(H2,17,18,20). The number of alkyl halides is 3. The van der Waals surface area contributed by atoms with Crippen molar-refractivity contribution in [2.75, 3.05) is 25.0 Å². The minimum absolute atomic E-state index is 0.196. The third kappa shape index (κ3) is 3.50. The molecule has 2 heterocycles. The smallest absolute Gasteiger partial charge is 0.379 e. The quantitative estimate of drug-likeness (QED) is 0.886. The van der Waals surface area contributed by atoms with Gasteiger partial charge < -0.3 is 10.2 Å². The molecule has 1 aromatic rings. The molecule has 0 aliphatic carbocycles. The van der Waals surface area contributed by atoms with Crippen LogP contribution in [0.2, 0.25) is 0 Å². The van der Waals surface area contributed by atoms with Crippen LogP contribution in [0.25, 0.3) is 0 Å². The largest absolute Gasteiger partial charge is 0.423 e. The van der Waals surface area contributed by atoms with E-state index in [0.29, 0.717) is 6.54 Å². The minimum atomic E-state index is -4.70. The predicted octanol–water partition coefficient (Wildman–Crippen LogP) is 1.68. The topological polar surface area (TPSA) is 61.0 Å². The van der Waals surface area contributed by atoms with Gasteiger partial charge in [-0.3, -0.25) is 4.79 Å². The fourth-order valence-electron chi connectivity index (χ4n) is 2.45. The monoisotopic (exact) mass is 290 g/mol. The van der Waals surface area contributed by atoms with Crippen LogP contribution in [0, 0.1) is 0 Å². The summed E-state index contributed by atoms with van der Waals surface area (Å²) in [5.74, 6) is 0. The number of anilines is 1. The average molecular weight is 290 g/mol. The lowest BCUT2D eigenvalue weighted by atomic mass is 10.2. The van der Waals surface area contributed by atoms with Gasteiger partial charge in [-0.05, 0) is 32.9 Å². The summed E-state index contributed by atoms with van der Waals surface area (Å²) >= 11 is 0. The summed E-state index contributed by atoms with van der Waals surface area (Å²) in [6.45, 7) is 4.36. The number of H-pyrrole nitrogens is 1. The first-order valence-corrected chi connectivity index (χ1v) is 6.51. The normalized spacial score (nSPS) is 18.2. The molecule has 1 aliphatic heterocycles. The van der Waals surface area contributed by atoms with Crippen LogP contribution in [0.15, 0.2) is 11.0 Å². The zero-order valence-corrected chi connectivity index (χ0v) is 11.1. The van der Waals surface area contributed by atoms with E-state index in [1.54, 1.807) is 6.92 Å². The zero-order chi connectivity index (χ0) is 14.8. The highest BCUT2D eigenvalue weighted by Crippen LogP contribution is 2.31. The van der Waals surface area contributed by atoms with Gasteiger partial charge in [0.15, 0.2) is 0 Å². The van der Waals surface area contributed by atoms with E-state index in [1.165, 1.54) is 0 Å². The Kier molecular flexibility index (Phi) is 4.32. The summed E-state index contributed by atoms with van der Waals surface area (Å²) in [5, 5.41) is 7.99. The van der Waals surface area contributed by atoms with Gasteiger partial charge in [0.25, 0.3) is 5.56 Å². The molecule has 0 radical (unpaired) electrons. The number of rotatable bonds is 4. The number of aromatic amines is 1. The molecule has 8 heteroatoms. The Hall–Kier alpha value is -1.57. The first-order valence-electron chi connectivity index (χ1n) is 6.51. The Morgan fingerprint density at radius 1 is 1.45 bits per heavy atom. The van der Waals surface area contributed by atoms with Crippen LogP contribution in [-0.2, 0) is 6.18 Å². The number of aromatic nitrogens is 2. The molecular weight excluding hydrogens is 273 g/mol. The Labute approximate surface area is 114 Å². The van der Waals surface area contributed by atoms with E-state index in [4.69, 9.17) is 0 Å². The van der Waals surface area contributed by atoms with Crippen molar-refractivity contribution in [2.45, 2.75) is 32.0 Å². The molecule has 112 valence electrons. The molecule has 1 atom stereocenters. The van der Waals surface area contributed by atoms with Gasteiger partial charge in [-0.25, -0.2) is 5.10 Å². The first-order chi connectivity index (χ1) is 9.38. The first kappa shape index (κ1) is 14.8. The number of nitrogens with zero attached hydrogens (tertiary/aromatic N) is 2. The fraction of sp³-hybridized carbons (Fsp3) is 0.667. The van der Waals surface area contributed by atoms with Crippen LogP contribution >= 0.6 is 0 Å². The van der Waals surface area contributed by atoms with E-state index in [2.05, 4.69) is 15.3 Å². The maximum absolute atomic E-state index is 12.9. The molecule has 0 bridgehead atoms. The second-order valence-corrected chi connectivity index (χ2v) is 5.04. The van der Waals surface area contributed by atoms with E-state index < -0.39 is 17.3 Å². The fourth-order valence-corrected chi connectivity index (χ4v) is 2.45. The molecule has 5 nitrogen and oxygen atoms in total. The highest BCUT2D eigenvalue weighted by atomic mass is 19.4. The summed E-state index contributed by atoms with van der Waals surface area (Å²) in [6.07, 6.45) is -1.46. The highest BCUT2D eigenvalue weighted by molar-refractivity contribution is 5.50. The molecule has 1 saturated heterocycles. The third-order valence-electron chi connectivity index (χ3n) is 3.27. The molecule has 0 saturated carbocycles. The summed E-state index contributed by atoms with van der Waals surface area (Å²) in [5.41, 5.74) is -2.72. The van der Waals surface area contributed by atoms with Crippen molar-refractivity contribution >= 4 is 5.69 Å². The molecule has 0 spiro atoms. The highest BCUT2D eigenvalue weighted by Gasteiger charge is 2.37. The van der Waals surface area contributed by atoms with Crippen molar-refractivity contribution in [3.8, 4) is 0 Å². The summed E-state index contributed by atoms with van der Waals surface area (Å²) in [4.78, 5) is 13.5. The Morgan fingerprint density at radius 2 is 2.10 bits per heavy atom. The molecule has 2 rings (SSSR count). The minimum Gasteiger partial charge on any atom is -0.379 e. The van der Waals surface area contributed by atoms with Crippen LogP contribution in [0.1, 0.15) is 25.3 Å². The Morgan fingerprint density at radius 3 is 2.70 bits per heavy atom. The van der Waals surface area contributed by atoms with Crippen LogP contribution in [0.3, 0.4) is 0 Å². The van der Waals surface area contributed by atoms with Crippen LogP contribution in [0.4, 0.5) is 18.9 Å². The van der Waals surface area contributed by atoms with Crippen molar-refractivity contribution in [3.05, 3.63) is 22.1 Å². The average Bonchev–Trinajstić information content (AvgIpc) is 2.79. The SMILES string of the molecule is CC(CN1CCCC1)Nc1cn[nH]c(=O)c1C(F)(F)F. The van der Waals surface area contributed by atoms with Gasteiger partial charge in [0, 0.05) is 12.6 Å². The van der Waals surface area contributed by atoms with Gasteiger partial charge >= 0.3 is 6.18 Å². The lowest BCUT2D eigenvalue weighted by Crippen LogP contribution is -2.34. The Balaban J connectivity index is 2.12. The summed E-state index contributed by atoms with van der Waals surface area (Å²) in [7, 11) is 0. The number of halogens is 3. The summed E-state index contributed by atoms with van der Waals surface area (Å²) < 4.78 is 38.6. The van der Waals surface area contributed by atoms with E-state index in [0.717, 1.165) is 32.1 Å². The van der Waals surface area contributed by atoms with E-state index in [-0.39, 0.29) is 11.7 Å². The third-order valence-corrected chi connectivity index (χ3v) is 3.27. The zero-order valence-electron chi connectivity index (χ0n) is 11.1. The lowest BCUT2D eigenvalue weighted by Gasteiger charge is -2.23. The molecule has 2 N–H and O–H groups in total. The van der Waals surface area contributed by atoms with Crippen molar-refractivity contribution in [1.29, 1.82) is 0 Å². The number of nitrogens with one attached hydrogen (secondary N) is 2. The van der Waals surface area contributed by atoms with Gasteiger partial charge in [0.05, 0.1) is 11.9 Å². The molecular formula is C12H17F3N4O. The van der Waals surface area contributed by atoms with Gasteiger partial charge in [-0.15, -0.1) is 0 Å². The maximum Gasteiger partial charge on any atom is 0.423 e. The van der Waals surface area contributed by atoms with Crippen molar-refractivity contribution in [2.24, 2.45) is 0 Å². The van der Waals surface area contributed by atoms with Gasteiger partial charge in [-0.1, -0.05) is 0 Å². The molecule has 1 fully saturated rings. The van der Waals surface area contributed by atoms with E-state index in [1.807, 2.05) is 5.10 Å². The van der Waals surface area contributed by atoms with Gasteiger partial charge in [0.2, 0.25) is 0 Å². The van der Waals surface area contributed by atoms with Crippen molar-refractivity contribution in [1.82, 2.24) is 15.1 Å². The van der Waals surface area contributed by atoms with E-state index >= 15 is 0 Å². The molecule has 20 heavy (non-hydrogen) atoms. The maximum atomic E-state index is 12.9. The molecule has 0 amide bonds. The van der Waals surface area contributed by atoms with Gasteiger partial charge in [0.1, 0.15) is 5.56 Å². The van der Waals surface area contributed by atoms with Crippen LogP contribution < -0.4 is 10.9 Å².